The molecule has 0 spiro atoms. The number of pyridine rings is 1. The predicted octanol–water partition coefficient (Wildman–Crippen LogP) is 3.32. The minimum atomic E-state index is -0.111. The van der Waals surface area contributed by atoms with E-state index in [4.69, 9.17) is 24.7 Å². The predicted molar refractivity (Wildman–Crippen MR) is 154 cm³/mol. The Morgan fingerprint density at radius 1 is 0.950 bits per heavy atom. The molecule has 212 valence electrons. The first kappa shape index (κ1) is 28.8. The molecule has 0 atom stereocenters. The van der Waals surface area contributed by atoms with Crippen molar-refractivity contribution < 1.29 is 28.5 Å². The average Bonchev–Trinajstić information content (AvgIpc) is 3.31. The van der Waals surface area contributed by atoms with Crippen LogP contribution in [0.15, 0.2) is 54.7 Å². The highest BCUT2D eigenvalue weighted by atomic mass is 16.6. The number of anilines is 4. The second-order valence-corrected chi connectivity index (χ2v) is 9.07. The van der Waals surface area contributed by atoms with Gasteiger partial charge in [0.25, 0.3) is 0 Å². The van der Waals surface area contributed by atoms with Gasteiger partial charge < -0.3 is 40.6 Å². The van der Waals surface area contributed by atoms with Crippen molar-refractivity contribution in [1.82, 2.24) is 4.98 Å². The lowest BCUT2D eigenvalue weighted by Crippen LogP contribution is -2.15. The second-order valence-electron chi connectivity index (χ2n) is 9.07. The molecule has 3 aromatic rings. The molecule has 0 unspecified atom stereocenters. The minimum Gasteiger partial charge on any atom is -0.491 e. The van der Waals surface area contributed by atoms with Crippen molar-refractivity contribution in [3.8, 4) is 16.9 Å². The van der Waals surface area contributed by atoms with Gasteiger partial charge in [-0.3, -0.25) is 9.59 Å². The van der Waals surface area contributed by atoms with Crippen LogP contribution in [-0.4, -0.2) is 69.6 Å². The van der Waals surface area contributed by atoms with E-state index in [2.05, 4.69) is 20.9 Å². The molecule has 4 rings (SSSR count). The lowest BCUT2D eigenvalue weighted by Gasteiger charge is -2.14. The zero-order valence-electron chi connectivity index (χ0n) is 22.5. The Labute approximate surface area is 233 Å². The number of amides is 2. The van der Waals surface area contributed by atoms with Crippen LogP contribution in [0.25, 0.3) is 11.1 Å². The summed E-state index contributed by atoms with van der Waals surface area (Å²) in [7, 11) is 0. The van der Waals surface area contributed by atoms with Gasteiger partial charge in [0.2, 0.25) is 11.8 Å². The van der Waals surface area contributed by atoms with Gasteiger partial charge in [0.15, 0.2) is 0 Å². The van der Waals surface area contributed by atoms with Crippen LogP contribution in [0, 0.1) is 0 Å². The smallest absolute Gasteiger partial charge is 0.228 e. The van der Waals surface area contributed by atoms with E-state index in [-0.39, 0.29) is 11.8 Å². The highest BCUT2D eigenvalue weighted by molar-refractivity contribution is 6.00. The van der Waals surface area contributed by atoms with E-state index in [0.29, 0.717) is 70.8 Å². The second kappa shape index (κ2) is 14.8. The van der Waals surface area contributed by atoms with Crippen LogP contribution in [0.3, 0.4) is 0 Å². The number of carbonyl (C=O) groups is 2. The summed E-state index contributed by atoms with van der Waals surface area (Å²) in [4.78, 5) is 27.0. The summed E-state index contributed by atoms with van der Waals surface area (Å²) in [5.74, 6) is 1.02. The molecule has 11 heteroatoms. The summed E-state index contributed by atoms with van der Waals surface area (Å²) < 4.78 is 22.3. The van der Waals surface area contributed by atoms with E-state index in [1.165, 1.54) is 6.92 Å². The number of aromatic nitrogens is 1. The summed E-state index contributed by atoms with van der Waals surface area (Å²) >= 11 is 0. The van der Waals surface area contributed by atoms with Crippen LogP contribution < -0.4 is 26.4 Å². The third-order valence-corrected chi connectivity index (χ3v) is 5.94. The number of nitrogens with one attached hydrogen (secondary N) is 3. The summed E-state index contributed by atoms with van der Waals surface area (Å²) in [6, 6.07) is 14.8. The molecule has 11 nitrogen and oxygen atoms in total. The Morgan fingerprint density at radius 2 is 1.65 bits per heavy atom. The van der Waals surface area contributed by atoms with Gasteiger partial charge in [-0.25, -0.2) is 4.98 Å². The summed E-state index contributed by atoms with van der Waals surface area (Å²) in [6.07, 6.45) is 2.11. The molecule has 0 fully saturated rings. The van der Waals surface area contributed by atoms with Gasteiger partial charge in [-0.1, -0.05) is 6.07 Å². The van der Waals surface area contributed by atoms with Crippen molar-refractivity contribution in [1.29, 1.82) is 0 Å². The molecule has 1 aliphatic heterocycles. The maximum Gasteiger partial charge on any atom is 0.228 e. The van der Waals surface area contributed by atoms with Crippen molar-refractivity contribution in [2.45, 2.75) is 13.3 Å². The molecule has 2 aromatic carbocycles. The number of carbonyl (C=O) groups excluding carboxylic acids is 2. The van der Waals surface area contributed by atoms with E-state index < -0.39 is 0 Å². The quantitative estimate of drug-likeness (QED) is 0.198. The Bertz CT molecular complexity index is 1280. The monoisotopic (exact) mass is 549 g/mol. The fourth-order valence-corrected chi connectivity index (χ4v) is 4.10. The topological polar surface area (TPSA) is 146 Å². The largest absolute Gasteiger partial charge is 0.491 e. The van der Waals surface area contributed by atoms with Crippen LogP contribution in [-0.2, 0) is 30.2 Å². The van der Waals surface area contributed by atoms with Crippen molar-refractivity contribution >= 4 is 34.7 Å². The van der Waals surface area contributed by atoms with Gasteiger partial charge in [-0.05, 0) is 47.5 Å². The van der Waals surface area contributed by atoms with Crippen molar-refractivity contribution in [3.63, 3.8) is 0 Å². The maximum atomic E-state index is 11.7. The lowest BCUT2D eigenvalue weighted by atomic mass is 10.0. The van der Waals surface area contributed by atoms with E-state index in [1.54, 1.807) is 36.5 Å². The van der Waals surface area contributed by atoms with Crippen molar-refractivity contribution in [2.75, 3.05) is 74.5 Å². The number of hydrogen-bond donors (Lipinski definition) is 4. The zero-order valence-corrected chi connectivity index (χ0v) is 22.5. The molecule has 1 aliphatic rings. The van der Waals surface area contributed by atoms with Crippen LogP contribution >= 0.6 is 0 Å². The van der Waals surface area contributed by atoms with Crippen LogP contribution in [0.5, 0.6) is 5.75 Å². The first-order chi connectivity index (χ1) is 19.5. The third kappa shape index (κ3) is 8.94. The molecule has 5 N–H and O–H groups in total. The van der Waals surface area contributed by atoms with Gasteiger partial charge in [-0.2, -0.15) is 0 Å². The number of nitrogens with zero attached hydrogens (tertiary/aromatic N) is 1. The van der Waals surface area contributed by atoms with Gasteiger partial charge in [0.05, 0.1) is 46.1 Å². The summed E-state index contributed by atoms with van der Waals surface area (Å²) in [6.45, 7) is 5.28. The molecule has 40 heavy (non-hydrogen) atoms. The van der Waals surface area contributed by atoms with E-state index in [9.17, 15) is 9.59 Å². The number of rotatable bonds is 16. The number of hydrogen-bond acceptors (Lipinski definition) is 9. The molecule has 0 bridgehead atoms. The Balaban J connectivity index is 1.04. The molecule has 2 heterocycles. The number of nitrogen functional groups attached to an aromatic ring is 1. The molecular weight excluding hydrogens is 514 g/mol. The standard InChI is InChI=1S/C29H35N5O6/c1-20(35)33-23-3-5-24(6-4-23)40-15-14-39-13-12-38-11-10-37-9-8-31-27-18-28(30)32-19-25(27)21-2-7-26-22(16-21)17-29(36)34-26/h2-7,16,18-19H,8-15,17H2,1H3,(H,33,35)(H,34,36)(H3,30,31,32). The molecule has 0 saturated carbocycles. The number of benzene rings is 2. The van der Waals surface area contributed by atoms with Gasteiger partial charge >= 0.3 is 0 Å². The van der Waals surface area contributed by atoms with E-state index >= 15 is 0 Å². The maximum absolute atomic E-state index is 11.7. The van der Waals surface area contributed by atoms with Crippen molar-refractivity contribution in [2.24, 2.45) is 0 Å². The first-order valence-corrected chi connectivity index (χ1v) is 13.1. The Morgan fingerprint density at radius 3 is 2.38 bits per heavy atom. The number of ether oxygens (including phenoxy) is 4. The molecular formula is C29H35N5O6. The zero-order chi connectivity index (χ0) is 28.2. The fourth-order valence-electron chi connectivity index (χ4n) is 4.10. The molecule has 0 radical (unpaired) electrons. The van der Waals surface area contributed by atoms with Gasteiger partial charge in [-0.15, -0.1) is 0 Å². The average molecular weight is 550 g/mol. The summed E-state index contributed by atoms with van der Waals surface area (Å²) in [5.41, 5.74) is 11.2. The molecule has 0 aliphatic carbocycles. The highest BCUT2D eigenvalue weighted by Gasteiger charge is 2.18. The third-order valence-electron chi connectivity index (χ3n) is 5.94. The lowest BCUT2D eigenvalue weighted by molar-refractivity contribution is -0.115. The fraction of sp³-hybridized carbons (Fsp3) is 0.345. The summed E-state index contributed by atoms with van der Waals surface area (Å²) in [5, 5.41) is 8.92. The van der Waals surface area contributed by atoms with Gasteiger partial charge in [0, 0.05) is 48.4 Å². The van der Waals surface area contributed by atoms with Crippen LogP contribution in [0.4, 0.5) is 22.9 Å². The SMILES string of the molecule is CC(=O)Nc1ccc(OCCOCCOCCOCCNc2cc(N)ncc2-c2ccc3c(c2)CC(=O)N3)cc1. The number of fused-ring (bicyclic) bond motifs is 1. The Kier molecular flexibility index (Phi) is 10.7. The van der Waals surface area contributed by atoms with E-state index in [1.807, 2.05) is 18.2 Å². The minimum absolute atomic E-state index is 0.00353. The molecule has 1 aromatic heterocycles. The van der Waals surface area contributed by atoms with Crippen LogP contribution in [0.2, 0.25) is 0 Å². The van der Waals surface area contributed by atoms with Crippen LogP contribution in [0.1, 0.15) is 12.5 Å². The molecule has 0 saturated heterocycles. The number of nitrogens with two attached hydrogens (primary N) is 1. The molecule has 2 amide bonds. The van der Waals surface area contributed by atoms with E-state index in [0.717, 1.165) is 33.8 Å². The normalized spacial score (nSPS) is 12.1. The highest BCUT2D eigenvalue weighted by Crippen LogP contribution is 2.33. The first-order valence-electron chi connectivity index (χ1n) is 13.1. The Hall–Kier alpha value is -4.19. The van der Waals surface area contributed by atoms with Crippen molar-refractivity contribution in [3.05, 3.63) is 60.3 Å². The van der Waals surface area contributed by atoms with Gasteiger partial charge in [0.1, 0.15) is 18.2 Å².